The van der Waals surface area contributed by atoms with E-state index in [-0.39, 0.29) is 9.79 Å². The minimum Gasteiger partial charge on any atom is -0.489 e. The summed E-state index contributed by atoms with van der Waals surface area (Å²) in [5, 5.41) is 0. The van der Waals surface area contributed by atoms with Crippen LogP contribution in [0.1, 0.15) is 39.3 Å². The highest BCUT2D eigenvalue weighted by Crippen LogP contribution is 2.28. The van der Waals surface area contributed by atoms with Crippen LogP contribution < -0.4 is 4.74 Å². The molecule has 1 heterocycles. The van der Waals surface area contributed by atoms with Crippen molar-refractivity contribution in [2.75, 3.05) is 0 Å². The van der Waals surface area contributed by atoms with Gasteiger partial charge in [0.15, 0.2) is 0 Å². The fourth-order valence-corrected chi connectivity index (χ4v) is 5.46. The van der Waals surface area contributed by atoms with Crippen LogP contribution in [-0.4, -0.2) is 18.4 Å². The smallest absolute Gasteiger partial charge is 0.209 e. The summed E-state index contributed by atoms with van der Waals surface area (Å²) in [7, 11) is -3.80. The predicted octanol–water partition coefficient (Wildman–Crippen LogP) is 5.71. The molecule has 0 aliphatic heterocycles. The van der Waals surface area contributed by atoms with E-state index >= 15 is 0 Å². The number of nitrogens with zero attached hydrogens (tertiary/aromatic N) is 2. The molecule has 4 rings (SSSR count). The molecule has 34 heavy (non-hydrogen) atoms. The van der Waals surface area contributed by atoms with Crippen LogP contribution in [0.4, 0.5) is 0 Å². The molecule has 0 radical (unpaired) electrons. The van der Waals surface area contributed by atoms with Crippen LogP contribution >= 0.6 is 0 Å². The summed E-state index contributed by atoms with van der Waals surface area (Å²) in [6.07, 6.45) is 1.85. The van der Waals surface area contributed by atoms with Crippen LogP contribution in [0, 0.1) is 27.7 Å². The number of hydrogen-bond donors (Lipinski definition) is 0. The van der Waals surface area contributed by atoms with Gasteiger partial charge < -0.3 is 4.74 Å². The van der Waals surface area contributed by atoms with Crippen molar-refractivity contribution in [3.63, 3.8) is 0 Å². The van der Waals surface area contributed by atoms with Crippen molar-refractivity contribution in [3.8, 4) is 5.75 Å². The molecule has 0 amide bonds. The van der Waals surface area contributed by atoms with E-state index < -0.39 is 9.84 Å². The average Bonchev–Trinajstić information content (AvgIpc) is 2.81. The lowest BCUT2D eigenvalue weighted by atomic mass is 9.96. The van der Waals surface area contributed by atoms with Crippen molar-refractivity contribution >= 4 is 9.84 Å². The molecule has 6 heteroatoms. The van der Waals surface area contributed by atoms with E-state index in [0.29, 0.717) is 30.3 Å². The fourth-order valence-electron chi connectivity index (χ4n) is 4.10. The van der Waals surface area contributed by atoms with E-state index in [4.69, 9.17) is 4.74 Å². The largest absolute Gasteiger partial charge is 0.489 e. The standard InChI is InChI=1S/C28H28N2O3S/c1-19-14-20(2)26(21(3)15-19)16-27-28(17-29-22(4)30-27)34(31,32)25-12-10-24(11-13-25)33-18-23-8-6-5-7-9-23/h5-15,17H,16,18H2,1-4H3. The van der Waals surface area contributed by atoms with Crippen LogP contribution in [-0.2, 0) is 22.9 Å². The monoisotopic (exact) mass is 472 g/mol. The Kier molecular flexibility index (Phi) is 6.80. The van der Waals surface area contributed by atoms with E-state index in [0.717, 1.165) is 22.3 Å². The lowest BCUT2D eigenvalue weighted by molar-refractivity contribution is 0.306. The Morgan fingerprint density at radius 3 is 2.15 bits per heavy atom. The zero-order valence-corrected chi connectivity index (χ0v) is 20.7. The molecule has 0 spiro atoms. The maximum atomic E-state index is 13.5. The molecule has 3 aromatic carbocycles. The van der Waals surface area contributed by atoms with Crippen LogP contribution in [0.5, 0.6) is 5.75 Å². The van der Waals surface area contributed by atoms with Crippen molar-refractivity contribution in [2.45, 2.75) is 50.5 Å². The lowest BCUT2D eigenvalue weighted by Crippen LogP contribution is -2.11. The second-order valence-electron chi connectivity index (χ2n) is 8.53. The molecule has 0 unspecified atom stereocenters. The maximum Gasteiger partial charge on any atom is 0.209 e. The first-order valence-corrected chi connectivity index (χ1v) is 12.6. The van der Waals surface area contributed by atoms with Crippen molar-refractivity contribution in [1.29, 1.82) is 0 Å². The summed E-state index contributed by atoms with van der Waals surface area (Å²) >= 11 is 0. The number of aromatic nitrogens is 2. The number of benzene rings is 3. The Balaban J connectivity index is 1.62. The highest BCUT2D eigenvalue weighted by Gasteiger charge is 2.24. The predicted molar refractivity (Wildman–Crippen MR) is 133 cm³/mol. The number of rotatable bonds is 7. The average molecular weight is 473 g/mol. The zero-order chi connectivity index (χ0) is 24.3. The van der Waals surface area contributed by atoms with Gasteiger partial charge in [0.25, 0.3) is 0 Å². The molecular formula is C28H28N2O3S. The summed E-state index contributed by atoms with van der Waals surface area (Å²) in [5.41, 5.74) is 6.06. The Hall–Kier alpha value is -3.51. The molecule has 0 fully saturated rings. The Bertz CT molecular complexity index is 1390. The molecule has 1 aromatic heterocycles. The summed E-state index contributed by atoms with van der Waals surface area (Å²) in [5.74, 6) is 1.15. The van der Waals surface area contributed by atoms with Crippen molar-refractivity contribution < 1.29 is 13.2 Å². The molecule has 0 aliphatic carbocycles. The summed E-state index contributed by atoms with van der Waals surface area (Å²) in [6, 6.07) is 20.5. The van der Waals surface area contributed by atoms with Gasteiger partial charge in [-0.3, -0.25) is 0 Å². The third-order valence-corrected chi connectivity index (χ3v) is 7.62. The van der Waals surface area contributed by atoms with Gasteiger partial charge in [-0.25, -0.2) is 18.4 Å². The number of aryl methyl sites for hydroxylation is 4. The first kappa shape index (κ1) is 23.6. The summed E-state index contributed by atoms with van der Waals surface area (Å²) < 4.78 is 32.9. The lowest BCUT2D eigenvalue weighted by Gasteiger charge is -2.15. The van der Waals surface area contributed by atoms with Crippen LogP contribution in [0.15, 0.2) is 82.7 Å². The number of ether oxygens (including phenoxy) is 1. The number of hydrogen-bond acceptors (Lipinski definition) is 5. The molecule has 5 nitrogen and oxygen atoms in total. The summed E-state index contributed by atoms with van der Waals surface area (Å²) in [4.78, 5) is 9.05. The molecule has 0 aliphatic rings. The van der Waals surface area contributed by atoms with Crippen LogP contribution in [0.3, 0.4) is 0 Å². The molecule has 0 saturated carbocycles. The van der Waals surface area contributed by atoms with Gasteiger partial charge >= 0.3 is 0 Å². The highest BCUT2D eigenvalue weighted by atomic mass is 32.2. The van der Waals surface area contributed by atoms with E-state index in [1.54, 1.807) is 31.2 Å². The number of sulfone groups is 1. The zero-order valence-electron chi connectivity index (χ0n) is 19.9. The van der Waals surface area contributed by atoms with Gasteiger partial charge in [-0.05, 0) is 74.2 Å². The molecule has 4 aromatic rings. The second-order valence-corrected chi connectivity index (χ2v) is 10.4. The molecule has 174 valence electrons. The van der Waals surface area contributed by atoms with Gasteiger partial charge in [-0.1, -0.05) is 48.0 Å². The van der Waals surface area contributed by atoms with Crippen LogP contribution in [0.2, 0.25) is 0 Å². The van der Waals surface area contributed by atoms with Crippen molar-refractivity contribution in [1.82, 2.24) is 9.97 Å². The Labute approximate surface area is 201 Å². The van der Waals surface area contributed by atoms with Crippen LogP contribution in [0.25, 0.3) is 0 Å². The van der Waals surface area contributed by atoms with Gasteiger partial charge in [0.1, 0.15) is 23.1 Å². The fraction of sp³-hybridized carbons (Fsp3) is 0.214. The van der Waals surface area contributed by atoms with E-state index in [9.17, 15) is 8.42 Å². The Morgan fingerprint density at radius 1 is 0.853 bits per heavy atom. The normalized spacial score (nSPS) is 11.4. The first-order valence-electron chi connectivity index (χ1n) is 11.1. The van der Waals surface area contributed by atoms with Gasteiger partial charge in [0.2, 0.25) is 9.84 Å². The quantitative estimate of drug-likeness (QED) is 0.344. The molecule has 0 N–H and O–H groups in total. The van der Waals surface area contributed by atoms with Gasteiger partial charge in [-0.2, -0.15) is 0 Å². The SMILES string of the molecule is Cc1cc(C)c(Cc2nc(C)ncc2S(=O)(=O)c2ccc(OCc3ccccc3)cc2)c(C)c1. The van der Waals surface area contributed by atoms with Gasteiger partial charge in [0, 0.05) is 12.6 Å². The van der Waals surface area contributed by atoms with Crippen molar-refractivity contribution in [3.05, 3.63) is 112 Å². The second kappa shape index (κ2) is 9.77. The first-order chi connectivity index (χ1) is 16.2. The third-order valence-electron chi connectivity index (χ3n) is 5.81. The van der Waals surface area contributed by atoms with E-state index in [2.05, 4.69) is 29.0 Å². The maximum absolute atomic E-state index is 13.5. The molecule has 0 saturated heterocycles. The van der Waals surface area contributed by atoms with Gasteiger partial charge in [0.05, 0.1) is 10.6 Å². The summed E-state index contributed by atoms with van der Waals surface area (Å²) in [6.45, 7) is 8.34. The molecular weight excluding hydrogens is 444 g/mol. The highest BCUT2D eigenvalue weighted by molar-refractivity contribution is 7.91. The van der Waals surface area contributed by atoms with E-state index in [1.807, 2.05) is 44.2 Å². The van der Waals surface area contributed by atoms with Crippen molar-refractivity contribution in [2.24, 2.45) is 0 Å². The third kappa shape index (κ3) is 5.18. The Morgan fingerprint density at radius 2 is 1.50 bits per heavy atom. The van der Waals surface area contributed by atoms with E-state index in [1.165, 1.54) is 11.8 Å². The minimum atomic E-state index is -3.80. The molecule has 0 atom stereocenters. The van der Waals surface area contributed by atoms with Gasteiger partial charge in [-0.15, -0.1) is 0 Å². The minimum absolute atomic E-state index is 0.135. The topological polar surface area (TPSA) is 69.2 Å². The molecule has 0 bridgehead atoms.